The highest BCUT2D eigenvalue weighted by Crippen LogP contribution is 2.25. The monoisotopic (exact) mass is 449 g/mol. The summed E-state index contributed by atoms with van der Waals surface area (Å²) < 4.78 is 6.55. The molecule has 9 nitrogen and oxygen atoms in total. The van der Waals surface area contributed by atoms with Gasteiger partial charge in [-0.1, -0.05) is 27.7 Å². The van der Waals surface area contributed by atoms with Crippen molar-refractivity contribution in [1.82, 2.24) is 9.13 Å². The van der Waals surface area contributed by atoms with Gasteiger partial charge in [0.25, 0.3) is 5.56 Å². The molecule has 0 bridgehead atoms. The highest BCUT2D eigenvalue weighted by molar-refractivity contribution is 7.39. The Kier molecular flexibility index (Phi) is 9.95. The number of hydrogen-bond acceptors (Lipinski definition) is 7. The molecular weight excluding hydrogens is 421 g/mol. The molecule has 10 heteroatoms. The van der Waals surface area contributed by atoms with Gasteiger partial charge in [0.2, 0.25) is 5.78 Å². The average molecular weight is 449 g/mol. The number of aromatic nitrogens is 2. The van der Waals surface area contributed by atoms with Crippen LogP contribution in [0.5, 0.6) is 0 Å². The molecule has 0 aliphatic heterocycles. The van der Waals surface area contributed by atoms with Crippen LogP contribution in [-0.4, -0.2) is 24.7 Å². The zero-order valence-corrected chi connectivity index (χ0v) is 19.4. The number of hydrogen-bond donors (Lipinski definition) is 2. The van der Waals surface area contributed by atoms with Gasteiger partial charge in [0, 0.05) is 17.7 Å². The number of aryl methyl sites for hydroxylation is 1. The van der Waals surface area contributed by atoms with E-state index in [0.29, 0.717) is 11.1 Å². The second-order valence-electron chi connectivity index (χ2n) is 6.72. The first-order valence-electron chi connectivity index (χ1n) is 9.87. The second kappa shape index (κ2) is 11.7. The third-order valence-electron chi connectivity index (χ3n) is 4.34. The van der Waals surface area contributed by atoms with Crippen molar-refractivity contribution >= 4 is 14.4 Å². The van der Waals surface area contributed by atoms with Crippen molar-refractivity contribution in [2.45, 2.75) is 60.7 Å². The molecule has 0 aliphatic rings. The predicted molar refractivity (Wildman–Crippen MR) is 118 cm³/mol. The lowest BCUT2D eigenvalue weighted by Gasteiger charge is -2.20. The summed E-state index contributed by atoms with van der Waals surface area (Å²) in [6.45, 7) is 10.3. The molecule has 0 fully saturated rings. The van der Waals surface area contributed by atoms with Crippen LogP contribution in [-0.2, 0) is 17.8 Å². The van der Waals surface area contributed by atoms with Gasteiger partial charge < -0.3 is 9.79 Å². The van der Waals surface area contributed by atoms with Gasteiger partial charge in [0.1, 0.15) is 12.4 Å². The number of nitriles is 1. The third kappa shape index (κ3) is 5.96. The smallest absolute Gasteiger partial charge is 0.328 e. The van der Waals surface area contributed by atoms with Crippen molar-refractivity contribution in [3.63, 3.8) is 0 Å². The third-order valence-corrected chi connectivity index (χ3v) is 4.69. The van der Waals surface area contributed by atoms with Crippen LogP contribution in [0.25, 0.3) is 0 Å². The van der Waals surface area contributed by atoms with Gasteiger partial charge in [0.15, 0.2) is 0 Å². The first kappa shape index (κ1) is 26.4. The minimum absolute atomic E-state index is 0.0431. The molecule has 1 aromatic heterocycles. The van der Waals surface area contributed by atoms with Gasteiger partial charge in [-0.25, -0.2) is 9.36 Å². The van der Waals surface area contributed by atoms with Crippen LogP contribution in [0.15, 0.2) is 27.8 Å². The van der Waals surface area contributed by atoms with E-state index >= 15 is 0 Å². The lowest BCUT2D eigenvalue weighted by Crippen LogP contribution is -2.45. The molecule has 0 saturated carbocycles. The molecule has 0 saturated heterocycles. The van der Waals surface area contributed by atoms with E-state index in [1.165, 1.54) is 6.07 Å². The number of carbonyl (C=O) groups excluding carboxylic acids is 1. The second-order valence-corrected chi connectivity index (χ2v) is 7.48. The first-order valence-corrected chi connectivity index (χ1v) is 11.0. The van der Waals surface area contributed by atoms with Gasteiger partial charge in [-0.3, -0.25) is 18.7 Å². The normalized spacial score (nSPS) is 10.6. The fourth-order valence-electron chi connectivity index (χ4n) is 3.12. The predicted octanol–water partition coefficient (Wildman–Crippen LogP) is 2.78. The summed E-state index contributed by atoms with van der Waals surface area (Å²) in [6, 6.07) is 6.63. The molecule has 0 aliphatic carbocycles. The maximum absolute atomic E-state index is 13.3. The molecule has 0 unspecified atom stereocenters. The van der Waals surface area contributed by atoms with Crippen LogP contribution in [0.1, 0.15) is 73.3 Å². The minimum Gasteiger partial charge on any atom is -0.328 e. The summed E-state index contributed by atoms with van der Waals surface area (Å²) in [5, 5.41) is 9.19. The maximum atomic E-state index is 13.3. The van der Waals surface area contributed by atoms with E-state index in [1.807, 2.05) is 19.9 Å². The molecule has 0 spiro atoms. The largest absolute Gasteiger partial charge is 0.333 e. The van der Waals surface area contributed by atoms with Crippen molar-refractivity contribution in [3.05, 3.63) is 67.0 Å². The summed E-state index contributed by atoms with van der Waals surface area (Å²) in [5.74, 6) is -0.944. The Labute approximate surface area is 182 Å². The van der Waals surface area contributed by atoms with Crippen molar-refractivity contribution in [2.24, 2.45) is 0 Å². The van der Waals surface area contributed by atoms with E-state index < -0.39 is 38.3 Å². The zero-order chi connectivity index (χ0) is 23.9. The van der Waals surface area contributed by atoms with Crippen molar-refractivity contribution in [1.29, 1.82) is 5.26 Å². The Balaban J connectivity index is 0.00000233. The molecular formula is C21H28N3O6P. The van der Waals surface area contributed by atoms with Crippen LogP contribution in [0.3, 0.4) is 0 Å². The highest BCUT2D eigenvalue weighted by atomic mass is 31.2. The van der Waals surface area contributed by atoms with Gasteiger partial charge in [0.05, 0.1) is 11.6 Å². The summed E-state index contributed by atoms with van der Waals surface area (Å²) in [7, 11) is -2.76. The molecule has 168 valence electrons. The van der Waals surface area contributed by atoms with E-state index in [1.54, 1.807) is 39.8 Å². The highest BCUT2D eigenvalue weighted by Gasteiger charge is 2.27. The van der Waals surface area contributed by atoms with E-state index in [2.05, 4.69) is 4.52 Å². The van der Waals surface area contributed by atoms with Crippen LogP contribution in [0, 0.1) is 18.3 Å². The van der Waals surface area contributed by atoms with Gasteiger partial charge >= 0.3 is 14.3 Å². The Morgan fingerprint density at radius 1 is 1.19 bits per heavy atom. The lowest BCUT2D eigenvalue weighted by molar-refractivity contribution is 0.102. The van der Waals surface area contributed by atoms with Crippen molar-refractivity contribution in [2.75, 3.05) is 0 Å². The Bertz CT molecular complexity index is 1100. The summed E-state index contributed by atoms with van der Waals surface area (Å²) in [6.07, 6.45) is 0. The van der Waals surface area contributed by atoms with E-state index in [0.717, 1.165) is 9.13 Å². The molecule has 0 radical (unpaired) electrons. The summed E-state index contributed by atoms with van der Waals surface area (Å²) in [5.41, 5.74) is -0.263. The Morgan fingerprint density at radius 3 is 2.29 bits per heavy atom. The van der Waals surface area contributed by atoms with Crippen LogP contribution < -0.4 is 11.2 Å². The van der Waals surface area contributed by atoms with E-state index in [-0.39, 0.29) is 23.4 Å². The molecule has 1 heterocycles. The minimum atomic E-state index is -2.76. The number of rotatable bonds is 7. The van der Waals surface area contributed by atoms with Crippen molar-refractivity contribution < 1.29 is 19.1 Å². The molecule has 2 aromatic rings. The lowest BCUT2D eigenvalue weighted by atomic mass is 9.95. The number of nitrogens with zero attached hydrogens (tertiary/aromatic N) is 3. The van der Waals surface area contributed by atoms with Crippen LogP contribution >= 0.6 is 8.60 Å². The van der Waals surface area contributed by atoms with E-state index in [9.17, 15) is 19.6 Å². The van der Waals surface area contributed by atoms with Crippen molar-refractivity contribution in [3.8, 4) is 6.07 Å². The van der Waals surface area contributed by atoms with Gasteiger partial charge in [-0.05, 0) is 43.5 Å². The number of ketones is 1. The molecule has 0 atom stereocenters. The summed E-state index contributed by atoms with van der Waals surface area (Å²) >= 11 is 0. The topological polar surface area (TPSA) is 135 Å². The van der Waals surface area contributed by atoms with Gasteiger partial charge in [-0.15, -0.1) is 0 Å². The SMILES string of the molecule is CC.CCn1c(C(=O)c2cc(C)cc(C#N)c2)c(C(C)C)c(=O)n(COP(O)O)c1=O. The van der Waals surface area contributed by atoms with Crippen LogP contribution in [0.2, 0.25) is 0 Å². The van der Waals surface area contributed by atoms with Crippen LogP contribution in [0.4, 0.5) is 0 Å². The number of carbonyl (C=O) groups is 1. The quantitative estimate of drug-likeness (QED) is 0.490. The van der Waals surface area contributed by atoms with E-state index in [4.69, 9.17) is 9.79 Å². The molecule has 2 N–H and O–H groups in total. The molecule has 0 amide bonds. The zero-order valence-electron chi connectivity index (χ0n) is 18.5. The molecule has 31 heavy (non-hydrogen) atoms. The standard InChI is InChI=1S/C19H22N3O6P.C2H6/c1-5-21-16(17(23)14-7-12(4)6-13(8-14)9-20)15(11(2)3)18(24)22(19(21)25)10-28-29(26)27;1-2/h6-8,11,26-27H,5,10H2,1-4H3;1-2H3. The Morgan fingerprint density at radius 2 is 1.81 bits per heavy atom. The fraction of sp³-hybridized carbons (Fsp3) is 0.429. The fourth-order valence-corrected chi connectivity index (χ4v) is 3.34. The maximum Gasteiger partial charge on any atom is 0.333 e. The average Bonchev–Trinajstić information content (AvgIpc) is 2.73. The first-order chi connectivity index (χ1) is 14.6. The Hall–Kier alpha value is -2.63. The molecule has 1 aromatic carbocycles. The number of benzene rings is 1. The summed E-state index contributed by atoms with van der Waals surface area (Å²) in [4.78, 5) is 57.1. The van der Waals surface area contributed by atoms with Gasteiger partial charge in [-0.2, -0.15) is 5.26 Å². The molecule has 2 rings (SSSR count).